The molecule has 0 saturated carbocycles. The van der Waals surface area contributed by atoms with Crippen LogP contribution in [0.4, 0.5) is 15.3 Å². The number of hydrogen-bond donors (Lipinski definition) is 4. The zero-order valence-electron chi connectivity index (χ0n) is 33.8. The zero-order chi connectivity index (χ0) is 41.8. The van der Waals surface area contributed by atoms with E-state index < -0.39 is 48.0 Å². The summed E-state index contributed by atoms with van der Waals surface area (Å²) in [6, 6.07) is 5.18. The van der Waals surface area contributed by atoms with Crippen LogP contribution in [0.15, 0.2) is 36.7 Å². The first-order valence-corrected chi connectivity index (χ1v) is 19.7. The first kappa shape index (κ1) is 41.8. The molecule has 0 bridgehead atoms. The number of nitrogens with zero attached hydrogens (tertiary/aromatic N) is 8. The lowest BCUT2D eigenvalue weighted by Gasteiger charge is -2.36. The van der Waals surface area contributed by atoms with Crippen LogP contribution in [0.2, 0.25) is 0 Å². The number of aromatic amines is 1. The van der Waals surface area contributed by atoms with Gasteiger partial charge in [-0.25, -0.2) is 19.6 Å². The van der Waals surface area contributed by atoms with Crippen molar-refractivity contribution in [2.75, 3.05) is 58.4 Å². The van der Waals surface area contributed by atoms with E-state index in [1.807, 2.05) is 38.1 Å². The largest absolute Gasteiger partial charge is 0.453 e. The van der Waals surface area contributed by atoms with E-state index in [-0.39, 0.29) is 29.4 Å². The molecule has 0 unspecified atom stereocenters. The van der Waals surface area contributed by atoms with Crippen molar-refractivity contribution in [2.24, 2.45) is 11.8 Å². The van der Waals surface area contributed by atoms with Gasteiger partial charge in [-0.2, -0.15) is 9.79 Å². The van der Waals surface area contributed by atoms with Crippen LogP contribution in [0.3, 0.4) is 0 Å². The molecule has 5 amide bonds. The number of piperazine rings is 1. The van der Waals surface area contributed by atoms with E-state index >= 15 is 0 Å². The lowest BCUT2D eigenvalue weighted by Crippen LogP contribution is -2.52. The van der Waals surface area contributed by atoms with Crippen molar-refractivity contribution >= 4 is 35.6 Å². The van der Waals surface area contributed by atoms with Crippen LogP contribution in [0, 0.1) is 11.8 Å². The third-order valence-electron chi connectivity index (χ3n) is 11.3. The van der Waals surface area contributed by atoms with Gasteiger partial charge in [-0.3, -0.25) is 19.6 Å². The molecule has 3 aromatic rings. The number of likely N-dealkylation sites (tertiary alicyclic amines) is 2. The summed E-state index contributed by atoms with van der Waals surface area (Å²) in [5, 5.41) is 24.6. The maximum absolute atomic E-state index is 13.6. The Morgan fingerprint density at radius 3 is 2.07 bits per heavy atom. The number of alkyl carbamates (subject to hydrolysis) is 1. The molecule has 19 heteroatoms. The summed E-state index contributed by atoms with van der Waals surface area (Å²) in [6.45, 7) is 9.96. The molecule has 4 atom stereocenters. The van der Waals surface area contributed by atoms with Gasteiger partial charge in [-0.1, -0.05) is 39.8 Å². The summed E-state index contributed by atoms with van der Waals surface area (Å²) in [6.07, 6.45) is 4.01. The molecule has 19 nitrogen and oxygen atoms in total. The molecule has 6 rings (SSSR count). The van der Waals surface area contributed by atoms with Gasteiger partial charge in [0, 0.05) is 45.0 Å². The van der Waals surface area contributed by atoms with Gasteiger partial charge in [-0.15, -0.1) is 0 Å². The fraction of sp³-hybridized carbons (Fsp3) is 0.564. The molecule has 58 heavy (non-hydrogen) atoms. The lowest BCUT2D eigenvalue weighted by molar-refractivity contribution is -0.160. The van der Waals surface area contributed by atoms with Crippen molar-refractivity contribution in [2.45, 2.75) is 77.5 Å². The van der Waals surface area contributed by atoms with Gasteiger partial charge in [0.2, 0.25) is 11.8 Å². The van der Waals surface area contributed by atoms with Crippen LogP contribution >= 0.6 is 0 Å². The summed E-state index contributed by atoms with van der Waals surface area (Å²) in [5.41, 5.74) is 2.69. The van der Waals surface area contributed by atoms with Crippen LogP contribution in [0.5, 0.6) is 0 Å². The van der Waals surface area contributed by atoms with Gasteiger partial charge in [0.15, 0.2) is 11.5 Å². The van der Waals surface area contributed by atoms with E-state index in [0.717, 1.165) is 41.6 Å². The molecule has 0 spiro atoms. The Balaban J connectivity index is 1.06. The Labute approximate surface area is 336 Å². The fourth-order valence-corrected chi connectivity index (χ4v) is 8.11. The highest BCUT2D eigenvalue weighted by Crippen LogP contribution is 2.35. The molecule has 4 N–H and O–H groups in total. The number of carbonyl (C=O) groups excluding carboxylic acids is 5. The number of imidazole rings is 2. The number of aromatic nitrogens is 4. The fourth-order valence-electron chi connectivity index (χ4n) is 8.11. The SMILES string of the molecule is COC(=O)N[C@H](C(=O)N1CCC[C@H]1c1ncc(-c2ccc(N3CCN(C(=O)c4cnc([C@@H]5CCCN5C(=O)[C@H](C(C)C)N(O)C(=O)OC)n4O)CC3)cc2)[nH]1)C(C)C. The van der Waals surface area contributed by atoms with Crippen LogP contribution in [-0.2, 0) is 19.1 Å². The van der Waals surface area contributed by atoms with Crippen molar-refractivity contribution in [3.8, 4) is 11.3 Å². The number of anilines is 1. The Bertz CT molecular complexity index is 1960. The number of amides is 5. The number of benzene rings is 1. The summed E-state index contributed by atoms with van der Waals surface area (Å²) in [4.78, 5) is 84.3. The number of carbonyl (C=O) groups is 5. The topological polar surface area (TPSA) is 219 Å². The van der Waals surface area contributed by atoms with E-state index in [9.17, 15) is 34.4 Å². The summed E-state index contributed by atoms with van der Waals surface area (Å²) < 4.78 is 10.1. The quantitative estimate of drug-likeness (QED) is 0.124. The molecule has 314 valence electrons. The number of nitrogens with one attached hydrogen (secondary N) is 2. The molecule has 1 aromatic carbocycles. The molecule has 3 aliphatic heterocycles. The summed E-state index contributed by atoms with van der Waals surface area (Å²) >= 11 is 0. The number of ether oxygens (including phenoxy) is 2. The normalized spacial score (nSPS) is 19.4. The minimum atomic E-state index is -1.21. The molecule has 0 aliphatic carbocycles. The molecule has 5 heterocycles. The van der Waals surface area contributed by atoms with E-state index in [2.05, 4.69) is 29.9 Å². The summed E-state index contributed by atoms with van der Waals surface area (Å²) in [5.74, 6) is -0.836. The molecule has 3 aliphatic rings. The van der Waals surface area contributed by atoms with Crippen molar-refractivity contribution in [3.05, 3.63) is 54.0 Å². The van der Waals surface area contributed by atoms with Gasteiger partial charge >= 0.3 is 12.2 Å². The van der Waals surface area contributed by atoms with Gasteiger partial charge in [0.25, 0.3) is 5.91 Å². The third-order valence-corrected chi connectivity index (χ3v) is 11.3. The Morgan fingerprint density at radius 1 is 0.828 bits per heavy atom. The average molecular weight is 807 g/mol. The van der Waals surface area contributed by atoms with Crippen LogP contribution < -0.4 is 10.2 Å². The van der Waals surface area contributed by atoms with Crippen LogP contribution in [0.1, 0.15) is 87.6 Å². The van der Waals surface area contributed by atoms with Crippen LogP contribution in [0.25, 0.3) is 11.3 Å². The molecule has 2 aromatic heterocycles. The predicted octanol–water partition coefficient (Wildman–Crippen LogP) is 3.66. The molecule has 3 saturated heterocycles. The maximum Gasteiger partial charge on any atom is 0.434 e. The molecular weight excluding hydrogens is 752 g/mol. The van der Waals surface area contributed by atoms with E-state index in [0.29, 0.717) is 63.0 Å². The van der Waals surface area contributed by atoms with Crippen molar-refractivity contribution < 1.29 is 43.9 Å². The Hall–Kier alpha value is -5.85. The standard InChI is InChI=1S/C39H54N10O9/c1-23(2)31(43-38(53)57-5)36(51)46-15-7-9-28(46)33-40-21-27(42-33)25-11-13-26(14-12-25)44-17-19-45(20-18-44)35(50)30-22-41-34(48(30)55)29-10-8-16-47(29)37(52)32(24(3)4)49(56)39(54)58-6/h11-14,21-24,28-29,31-32,55-56H,7-10,15-20H2,1-6H3,(H,40,42)(H,43,53)/t28-,29-,31-,32-/m0/s1. The first-order valence-electron chi connectivity index (χ1n) is 19.7. The minimum absolute atomic E-state index is 0.0209. The van der Waals surface area contributed by atoms with Gasteiger partial charge in [0.05, 0.1) is 44.4 Å². The highest BCUT2D eigenvalue weighted by molar-refractivity contribution is 5.93. The first-order chi connectivity index (χ1) is 27.7. The van der Waals surface area contributed by atoms with Gasteiger partial charge in [-0.05, 0) is 55.2 Å². The second-order valence-electron chi connectivity index (χ2n) is 15.6. The molecule has 3 fully saturated rings. The number of hydrogen-bond acceptors (Lipinski definition) is 12. The smallest absolute Gasteiger partial charge is 0.434 e. The molecular formula is C39H54N10O9. The summed E-state index contributed by atoms with van der Waals surface area (Å²) in [7, 11) is 2.38. The maximum atomic E-state index is 13.6. The highest BCUT2D eigenvalue weighted by Gasteiger charge is 2.42. The highest BCUT2D eigenvalue weighted by atomic mass is 16.6. The van der Waals surface area contributed by atoms with Crippen molar-refractivity contribution in [1.29, 1.82) is 0 Å². The number of H-pyrrole nitrogens is 1. The predicted molar refractivity (Wildman–Crippen MR) is 208 cm³/mol. The Morgan fingerprint density at radius 2 is 1.47 bits per heavy atom. The molecule has 0 radical (unpaired) electrons. The van der Waals surface area contributed by atoms with E-state index in [1.54, 1.807) is 29.8 Å². The lowest BCUT2D eigenvalue weighted by atomic mass is 10.0. The Kier molecular flexibility index (Phi) is 12.8. The van der Waals surface area contributed by atoms with Crippen molar-refractivity contribution in [3.63, 3.8) is 0 Å². The van der Waals surface area contributed by atoms with E-state index in [4.69, 9.17) is 4.74 Å². The van der Waals surface area contributed by atoms with E-state index in [1.165, 1.54) is 18.2 Å². The second kappa shape index (κ2) is 17.7. The number of hydroxylamine groups is 2. The van der Waals surface area contributed by atoms with Crippen molar-refractivity contribution in [1.82, 2.24) is 44.8 Å². The minimum Gasteiger partial charge on any atom is -0.453 e. The number of rotatable bonds is 11. The number of methoxy groups -OCH3 is 2. The average Bonchev–Trinajstić information content (AvgIpc) is 4.06. The third kappa shape index (κ3) is 8.39. The van der Waals surface area contributed by atoms with Gasteiger partial charge in [0.1, 0.15) is 17.9 Å². The monoisotopic (exact) mass is 806 g/mol. The second-order valence-corrected chi connectivity index (χ2v) is 15.6. The van der Waals surface area contributed by atoms with Crippen LogP contribution in [-0.4, -0.2) is 145 Å². The van der Waals surface area contributed by atoms with Gasteiger partial charge < -0.3 is 44.6 Å². The zero-order valence-corrected chi connectivity index (χ0v) is 33.8.